The number of esters is 1. The lowest BCUT2D eigenvalue weighted by Crippen LogP contribution is -2.65. The smallest absolute Gasteiger partial charge is 0.319 e. The maximum absolute atomic E-state index is 12.0. The first kappa shape index (κ1) is 25.5. The number of amides is 1. The number of ether oxygens (including phenoxy) is 2. The molecule has 3 atom stereocenters. The van der Waals surface area contributed by atoms with Crippen molar-refractivity contribution in [1.29, 1.82) is 0 Å². The molecule has 0 aliphatic carbocycles. The topological polar surface area (TPSA) is 77.1 Å². The average molecular weight is 451 g/mol. The van der Waals surface area contributed by atoms with E-state index in [1.165, 1.54) is 14.0 Å². The van der Waals surface area contributed by atoms with E-state index in [0.29, 0.717) is 19.7 Å². The first-order chi connectivity index (χ1) is 14.4. The molecule has 1 aromatic rings. The number of nitrogens with one attached hydrogen (secondary N) is 1. The lowest BCUT2D eigenvalue weighted by atomic mass is 9.98. The highest BCUT2D eigenvalue weighted by atomic mass is 28.4. The molecule has 0 radical (unpaired) electrons. The van der Waals surface area contributed by atoms with E-state index in [4.69, 9.17) is 13.9 Å². The van der Waals surface area contributed by atoms with Crippen LogP contribution in [-0.2, 0) is 30.1 Å². The highest BCUT2D eigenvalue weighted by Gasteiger charge is 2.45. The largest absolute Gasteiger partial charge is 0.468 e. The molecule has 1 N–H and O–H groups in total. The van der Waals surface area contributed by atoms with Gasteiger partial charge in [-0.25, -0.2) is 0 Å². The Bertz CT molecular complexity index is 735. The number of nitrogens with zero attached hydrogens (tertiary/aromatic N) is 1. The molecular weight excluding hydrogens is 412 g/mol. The summed E-state index contributed by atoms with van der Waals surface area (Å²) < 4.78 is 17.9. The van der Waals surface area contributed by atoms with E-state index in [-0.39, 0.29) is 41.7 Å². The summed E-state index contributed by atoms with van der Waals surface area (Å²) in [6, 6.07) is 9.61. The van der Waals surface area contributed by atoms with E-state index in [9.17, 15) is 9.59 Å². The van der Waals surface area contributed by atoms with Crippen molar-refractivity contribution in [2.24, 2.45) is 0 Å². The Morgan fingerprint density at radius 1 is 1.13 bits per heavy atom. The summed E-state index contributed by atoms with van der Waals surface area (Å²) in [6.07, 6.45) is -0.610. The number of carbonyl (C=O) groups is 2. The normalized spacial score (nSPS) is 22.7. The van der Waals surface area contributed by atoms with Gasteiger partial charge in [0, 0.05) is 20.0 Å². The Hall–Kier alpha value is -1.74. The van der Waals surface area contributed by atoms with Crippen LogP contribution in [0.4, 0.5) is 0 Å². The molecule has 7 nitrogen and oxygen atoms in total. The average Bonchev–Trinajstić information content (AvgIpc) is 2.67. The highest BCUT2D eigenvalue weighted by Crippen LogP contribution is 2.38. The van der Waals surface area contributed by atoms with Gasteiger partial charge >= 0.3 is 5.97 Å². The molecule has 174 valence electrons. The quantitative estimate of drug-likeness (QED) is 0.485. The minimum Gasteiger partial charge on any atom is -0.468 e. The van der Waals surface area contributed by atoms with Crippen molar-refractivity contribution in [3.8, 4) is 0 Å². The fraction of sp³-hybridized carbons (Fsp3) is 0.652. The van der Waals surface area contributed by atoms with Gasteiger partial charge in [0.25, 0.3) is 0 Å². The molecule has 1 heterocycles. The molecular formula is C23H38N2O5Si. The number of hydrogen-bond donors (Lipinski definition) is 1. The first-order valence-electron chi connectivity index (χ1n) is 10.8. The second kappa shape index (κ2) is 10.7. The van der Waals surface area contributed by atoms with E-state index in [1.807, 2.05) is 35.2 Å². The third-order valence-electron chi connectivity index (χ3n) is 6.19. The summed E-state index contributed by atoms with van der Waals surface area (Å²) >= 11 is 0. The Morgan fingerprint density at radius 2 is 1.74 bits per heavy atom. The maximum atomic E-state index is 12.0. The molecule has 1 fully saturated rings. The third-order valence-corrected chi connectivity index (χ3v) is 10.7. The van der Waals surface area contributed by atoms with Gasteiger partial charge in [0.15, 0.2) is 8.32 Å². The minimum atomic E-state index is -2.13. The lowest BCUT2D eigenvalue weighted by molar-refractivity contribution is -0.145. The molecule has 31 heavy (non-hydrogen) atoms. The fourth-order valence-electron chi connectivity index (χ4n) is 3.45. The fourth-order valence-corrected chi connectivity index (χ4v) is 4.78. The number of carbonyl (C=O) groups excluding carboxylic acids is 2. The molecule has 1 aliphatic heterocycles. The zero-order chi connectivity index (χ0) is 23.2. The Kier molecular flexibility index (Phi) is 8.82. The summed E-state index contributed by atoms with van der Waals surface area (Å²) in [5, 5.41) is 3.08. The number of piperidine rings is 1. The van der Waals surface area contributed by atoms with Crippen LogP contribution in [0.5, 0.6) is 0 Å². The lowest BCUT2D eigenvalue weighted by Gasteiger charge is -2.48. The Balaban J connectivity index is 2.28. The second-order valence-electron chi connectivity index (χ2n) is 9.75. The van der Waals surface area contributed by atoms with E-state index < -0.39 is 8.32 Å². The van der Waals surface area contributed by atoms with Crippen LogP contribution >= 0.6 is 0 Å². The highest BCUT2D eigenvalue weighted by molar-refractivity contribution is 6.74. The van der Waals surface area contributed by atoms with Crippen molar-refractivity contribution in [3.05, 3.63) is 35.9 Å². The summed E-state index contributed by atoms with van der Waals surface area (Å²) in [6.45, 7) is 14.1. The molecule has 2 rings (SSSR count). The summed E-state index contributed by atoms with van der Waals surface area (Å²) in [7, 11) is -0.741. The number of rotatable bonds is 8. The molecule has 1 aromatic carbocycles. The van der Waals surface area contributed by atoms with Gasteiger partial charge in [0.05, 0.1) is 38.5 Å². The molecule has 1 saturated heterocycles. The Morgan fingerprint density at radius 3 is 2.29 bits per heavy atom. The molecule has 0 saturated carbocycles. The van der Waals surface area contributed by atoms with Crippen molar-refractivity contribution < 1.29 is 23.5 Å². The molecule has 0 aromatic heterocycles. The predicted octanol–water partition coefficient (Wildman–Crippen LogP) is 2.96. The monoisotopic (exact) mass is 450 g/mol. The predicted molar refractivity (Wildman–Crippen MR) is 123 cm³/mol. The van der Waals surface area contributed by atoms with Gasteiger partial charge in [-0.1, -0.05) is 51.1 Å². The van der Waals surface area contributed by atoms with Gasteiger partial charge in [0.1, 0.15) is 0 Å². The number of benzene rings is 1. The van der Waals surface area contributed by atoms with Crippen LogP contribution < -0.4 is 5.32 Å². The van der Waals surface area contributed by atoms with Crippen LogP contribution in [0.1, 0.15) is 33.3 Å². The zero-order valence-electron chi connectivity index (χ0n) is 19.9. The third kappa shape index (κ3) is 7.41. The van der Waals surface area contributed by atoms with E-state index in [1.54, 1.807) is 0 Å². The van der Waals surface area contributed by atoms with E-state index in [0.717, 1.165) is 5.56 Å². The minimum absolute atomic E-state index is 0.0127. The molecule has 1 aliphatic rings. The van der Waals surface area contributed by atoms with Crippen LogP contribution in [0.15, 0.2) is 30.3 Å². The molecule has 1 amide bonds. The van der Waals surface area contributed by atoms with Gasteiger partial charge in [-0.15, -0.1) is 0 Å². The van der Waals surface area contributed by atoms with Crippen LogP contribution in [0.25, 0.3) is 0 Å². The number of hydrogen-bond acceptors (Lipinski definition) is 6. The first-order valence-corrected chi connectivity index (χ1v) is 13.7. The van der Waals surface area contributed by atoms with Crippen molar-refractivity contribution in [3.63, 3.8) is 0 Å². The zero-order valence-corrected chi connectivity index (χ0v) is 20.9. The molecule has 0 bridgehead atoms. The second-order valence-corrected chi connectivity index (χ2v) is 14.5. The van der Waals surface area contributed by atoms with Crippen molar-refractivity contribution in [2.75, 3.05) is 26.7 Å². The van der Waals surface area contributed by atoms with E-state index >= 15 is 0 Å². The number of methoxy groups -OCH3 is 1. The van der Waals surface area contributed by atoms with Gasteiger partial charge in [0.2, 0.25) is 5.91 Å². The van der Waals surface area contributed by atoms with Gasteiger partial charge in [-0.3, -0.25) is 14.5 Å². The van der Waals surface area contributed by atoms with Crippen LogP contribution in [0, 0.1) is 0 Å². The standard InChI is InChI=1S/C23H38N2O5Si/c1-17(26)24-22-19(29-16-18-11-9-8-10-12-18)13-25(15-21(27)28-5)14-20(22)30-31(6,7)23(2,3)4/h8-12,19-20,22H,13-16H2,1-7H3,(H,24,26)/t19-,20+,22+/m0/s1. The molecule has 8 heteroatoms. The molecule has 0 spiro atoms. The number of likely N-dealkylation sites (tertiary alicyclic amines) is 1. The van der Waals surface area contributed by atoms with Crippen LogP contribution in [0.2, 0.25) is 18.1 Å². The van der Waals surface area contributed by atoms with Gasteiger partial charge in [-0.05, 0) is 23.7 Å². The van der Waals surface area contributed by atoms with Crippen LogP contribution in [0.3, 0.4) is 0 Å². The molecule has 0 unspecified atom stereocenters. The van der Waals surface area contributed by atoms with Gasteiger partial charge < -0.3 is 19.2 Å². The van der Waals surface area contributed by atoms with Crippen molar-refractivity contribution in [2.45, 2.75) is 70.7 Å². The van der Waals surface area contributed by atoms with Gasteiger partial charge in [-0.2, -0.15) is 0 Å². The summed E-state index contributed by atoms with van der Waals surface area (Å²) in [5.41, 5.74) is 1.05. The van der Waals surface area contributed by atoms with Crippen LogP contribution in [-0.4, -0.2) is 70.1 Å². The van der Waals surface area contributed by atoms with Crippen molar-refractivity contribution >= 4 is 20.2 Å². The SMILES string of the molecule is COC(=O)CN1C[C@H](OCc2ccccc2)[C@@H](NC(C)=O)[C@H](O[Si](C)(C)C(C)(C)C)C1. The van der Waals surface area contributed by atoms with E-state index in [2.05, 4.69) is 39.2 Å². The summed E-state index contributed by atoms with van der Waals surface area (Å²) in [5.74, 6) is -0.422. The van der Waals surface area contributed by atoms with Crippen molar-refractivity contribution in [1.82, 2.24) is 10.2 Å². The Labute approximate surface area is 187 Å². The summed E-state index contributed by atoms with van der Waals surface area (Å²) in [4.78, 5) is 26.0. The maximum Gasteiger partial charge on any atom is 0.319 e.